The number of rotatable bonds is 10. The normalized spacial score (nSPS) is 22.7. The molecule has 3 N–H and O–H groups in total. The van der Waals surface area contributed by atoms with Gasteiger partial charge in [0.15, 0.2) is 9.84 Å². The van der Waals surface area contributed by atoms with Gasteiger partial charge >= 0.3 is 5.97 Å². The van der Waals surface area contributed by atoms with Gasteiger partial charge in [0.1, 0.15) is 0 Å². The largest absolute Gasteiger partial charge is 0.480 e. The van der Waals surface area contributed by atoms with Gasteiger partial charge in [0, 0.05) is 31.9 Å². The van der Waals surface area contributed by atoms with Crippen LogP contribution in [-0.2, 0) is 21.2 Å². The fraction of sp³-hybridized carbons (Fsp3) is 0.591. The van der Waals surface area contributed by atoms with E-state index in [1.165, 1.54) is 0 Å². The molecule has 0 saturated heterocycles. The first kappa shape index (κ1) is 24.4. The third-order valence-electron chi connectivity index (χ3n) is 5.80. The second-order valence-corrected chi connectivity index (χ2v) is 10.2. The summed E-state index contributed by atoms with van der Waals surface area (Å²) >= 11 is 0. The fourth-order valence-corrected chi connectivity index (χ4v) is 6.30. The maximum atomic E-state index is 13.5. The lowest BCUT2D eigenvalue weighted by atomic mass is 9.89. The van der Waals surface area contributed by atoms with Crippen LogP contribution in [0.1, 0.15) is 56.7 Å². The van der Waals surface area contributed by atoms with Gasteiger partial charge in [-0.2, -0.15) is 0 Å². The molecule has 1 aliphatic rings. The van der Waals surface area contributed by atoms with E-state index in [1.807, 2.05) is 32.0 Å². The summed E-state index contributed by atoms with van der Waals surface area (Å²) < 4.78 is 27.0. The number of carbonyl (C=O) groups is 1. The van der Waals surface area contributed by atoms with Crippen molar-refractivity contribution in [3.05, 3.63) is 35.9 Å². The summed E-state index contributed by atoms with van der Waals surface area (Å²) in [5.74, 6) is -0.916. The van der Waals surface area contributed by atoms with Gasteiger partial charge in [0.25, 0.3) is 0 Å². The first-order chi connectivity index (χ1) is 14.1. The van der Waals surface area contributed by atoms with Gasteiger partial charge in [0.05, 0.1) is 23.2 Å². The second-order valence-electron chi connectivity index (χ2n) is 8.26. The van der Waals surface area contributed by atoms with Gasteiger partial charge < -0.3 is 20.6 Å². The molecule has 0 fully saturated rings. The van der Waals surface area contributed by atoms with Gasteiger partial charge in [-0.05, 0) is 36.1 Å². The van der Waals surface area contributed by atoms with E-state index < -0.39 is 21.3 Å². The molecular formula is C22H35N3O4S. The zero-order valence-electron chi connectivity index (χ0n) is 18.5. The minimum Gasteiger partial charge on any atom is -0.480 e. The van der Waals surface area contributed by atoms with E-state index >= 15 is 0 Å². The molecule has 30 heavy (non-hydrogen) atoms. The second kappa shape index (κ2) is 9.94. The molecule has 0 radical (unpaired) electrons. The van der Waals surface area contributed by atoms with Crippen molar-refractivity contribution in [1.82, 2.24) is 10.6 Å². The summed E-state index contributed by atoms with van der Waals surface area (Å²) in [6.45, 7) is 8.18. The van der Waals surface area contributed by atoms with Crippen molar-refractivity contribution in [2.24, 2.45) is 0 Å². The predicted molar refractivity (Wildman–Crippen MR) is 121 cm³/mol. The minimum atomic E-state index is -3.55. The highest BCUT2D eigenvalue weighted by atomic mass is 32.2. The molecule has 168 valence electrons. The van der Waals surface area contributed by atoms with Gasteiger partial charge in [-0.1, -0.05) is 32.8 Å². The number of sulfone groups is 1. The number of unbranched alkanes of at least 4 members (excludes halogenated alkanes) is 1. The maximum absolute atomic E-state index is 13.5. The highest BCUT2D eigenvalue weighted by Crippen LogP contribution is 2.38. The molecule has 1 aromatic carbocycles. The summed E-state index contributed by atoms with van der Waals surface area (Å²) in [6, 6.07) is 3.32. The topological polar surface area (TPSA) is 98.7 Å². The van der Waals surface area contributed by atoms with Crippen LogP contribution in [0.2, 0.25) is 0 Å². The van der Waals surface area contributed by atoms with Crippen LogP contribution < -0.4 is 15.5 Å². The van der Waals surface area contributed by atoms with Crippen molar-refractivity contribution in [1.29, 1.82) is 0 Å². The van der Waals surface area contributed by atoms with Crippen molar-refractivity contribution in [2.45, 2.75) is 62.6 Å². The Morgan fingerprint density at radius 2 is 2.10 bits per heavy atom. The Bertz CT molecular complexity index is 883. The number of fused-ring (bicyclic) bond motifs is 1. The van der Waals surface area contributed by atoms with Crippen molar-refractivity contribution < 1.29 is 18.3 Å². The van der Waals surface area contributed by atoms with Gasteiger partial charge in [-0.25, -0.2) is 8.42 Å². The van der Waals surface area contributed by atoms with Gasteiger partial charge in [-0.3, -0.25) is 4.79 Å². The molecule has 0 bridgehead atoms. The Kier molecular flexibility index (Phi) is 8.07. The molecule has 0 unspecified atom stereocenters. The van der Waals surface area contributed by atoms with Crippen LogP contribution >= 0.6 is 0 Å². The Labute approximate surface area is 180 Å². The molecule has 1 heterocycles. The number of nitrogens with one attached hydrogen (secondary N) is 2. The Balaban J connectivity index is 2.61. The number of aliphatic carboxylic acids is 1. The van der Waals surface area contributed by atoms with Crippen LogP contribution in [-0.4, -0.2) is 51.4 Å². The van der Waals surface area contributed by atoms with E-state index in [2.05, 4.69) is 24.1 Å². The zero-order chi connectivity index (χ0) is 22.5. The Morgan fingerprint density at radius 3 is 2.63 bits per heavy atom. The van der Waals surface area contributed by atoms with Gasteiger partial charge in [0.2, 0.25) is 0 Å². The number of nitrogens with zero attached hydrogens (tertiary/aromatic N) is 1. The summed E-state index contributed by atoms with van der Waals surface area (Å²) in [5, 5.41) is 15.4. The van der Waals surface area contributed by atoms with Crippen LogP contribution in [0.25, 0.3) is 0 Å². The van der Waals surface area contributed by atoms with Crippen LogP contribution in [0.5, 0.6) is 0 Å². The van der Waals surface area contributed by atoms with Crippen molar-refractivity contribution >= 4 is 21.5 Å². The molecule has 0 saturated carbocycles. The molecule has 0 amide bonds. The van der Waals surface area contributed by atoms with Crippen molar-refractivity contribution in [3.8, 4) is 0 Å². The average molecular weight is 438 g/mol. The number of hydrogen-bond donors (Lipinski definition) is 3. The molecule has 8 heteroatoms. The summed E-state index contributed by atoms with van der Waals surface area (Å²) in [6.07, 6.45) is 5.21. The number of carboxylic acid groups (broad SMARTS) is 1. The Morgan fingerprint density at radius 1 is 1.40 bits per heavy atom. The predicted octanol–water partition coefficient (Wildman–Crippen LogP) is 2.87. The molecule has 7 nitrogen and oxygen atoms in total. The van der Waals surface area contributed by atoms with E-state index in [-0.39, 0.29) is 24.9 Å². The third-order valence-corrected chi connectivity index (χ3v) is 7.76. The first-order valence-corrected chi connectivity index (χ1v) is 12.1. The number of carboxylic acids is 1. The first-order valence-electron chi connectivity index (χ1n) is 10.5. The molecule has 1 aromatic rings. The molecule has 2 rings (SSSR count). The lowest BCUT2D eigenvalue weighted by molar-refractivity contribution is -0.136. The molecule has 1 aliphatic heterocycles. The summed E-state index contributed by atoms with van der Waals surface area (Å²) in [4.78, 5) is 13.1. The standard InChI is InChI=1S/C22H35N3O4S/c1-6-9-10-22(8-3)15-30(28,29)20-11-16(13-23-14-21(26)27)19(25(4)5)12-17(20)18(7-2)24-22/h7,11-12,18,23-24H,2,6,8-10,13-15H2,1,3-5H3,(H,26,27)/t18-,22-/m1/s1. The van der Waals surface area contributed by atoms with E-state index in [0.717, 1.165) is 30.5 Å². The molecule has 0 aliphatic carbocycles. The maximum Gasteiger partial charge on any atom is 0.317 e. The monoisotopic (exact) mass is 437 g/mol. The van der Waals surface area contributed by atoms with Crippen LogP contribution in [0.15, 0.2) is 29.7 Å². The highest BCUT2D eigenvalue weighted by Gasteiger charge is 2.41. The lowest BCUT2D eigenvalue weighted by Crippen LogP contribution is -2.49. The molecule has 0 spiro atoms. The van der Waals surface area contributed by atoms with Crippen molar-refractivity contribution in [3.63, 3.8) is 0 Å². The Hall–Kier alpha value is -1.90. The quantitative estimate of drug-likeness (QED) is 0.484. The van der Waals surface area contributed by atoms with Gasteiger partial charge in [-0.15, -0.1) is 6.58 Å². The van der Waals surface area contributed by atoms with Crippen LogP contribution in [0.4, 0.5) is 5.69 Å². The lowest BCUT2D eigenvalue weighted by Gasteiger charge is -2.34. The minimum absolute atomic E-state index is 0.0388. The summed E-state index contributed by atoms with van der Waals surface area (Å²) in [5.41, 5.74) is 1.80. The SMILES string of the molecule is C=C[C@H]1N[C@](CC)(CCCC)CS(=O)(=O)c2cc(CNCC(=O)O)c(N(C)C)cc21. The number of benzene rings is 1. The highest BCUT2D eigenvalue weighted by molar-refractivity contribution is 7.91. The van der Waals surface area contributed by atoms with Crippen molar-refractivity contribution in [2.75, 3.05) is 31.3 Å². The van der Waals surface area contributed by atoms with E-state index in [9.17, 15) is 13.2 Å². The number of anilines is 1. The average Bonchev–Trinajstić information content (AvgIpc) is 2.78. The number of hydrogen-bond acceptors (Lipinski definition) is 6. The van der Waals surface area contributed by atoms with E-state index in [4.69, 9.17) is 5.11 Å². The van der Waals surface area contributed by atoms with E-state index in [1.54, 1.807) is 12.1 Å². The van der Waals surface area contributed by atoms with Crippen LogP contribution in [0, 0.1) is 0 Å². The third kappa shape index (κ3) is 5.42. The van der Waals surface area contributed by atoms with E-state index in [0.29, 0.717) is 16.9 Å². The smallest absolute Gasteiger partial charge is 0.317 e. The zero-order valence-corrected chi connectivity index (χ0v) is 19.3. The molecular weight excluding hydrogens is 402 g/mol. The summed E-state index contributed by atoms with van der Waals surface area (Å²) in [7, 11) is 0.230. The molecule has 2 atom stereocenters. The molecule has 0 aromatic heterocycles. The fourth-order valence-electron chi connectivity index (χ4n) is 4.12. The van der Waals surface area contributed by atoms with Crippen LogP contribution in [0.3, 0.4) is 0 Å².